The summed E-state index contributed by atoms with van der Waals surface area (Å²) in [6, 6.07) is 16.1. The number of ether oxygens (including phenoxy) is 1. The molecule has 110 valence electrons. The Labute approximate surface area is 131 Å². The summed E-state index contributed by atoms with van der Waals surface area (Å²) in [6.07, 6.45) is 0. The second kappa shape index (κ2) is 7.09. The Morgan fingerprint density at radius 3 is 2.43 bits per heavy atom. The van der Waals surface area contributed by atoms with E-state index in [-0.39, 0.29) is 6.04 Å². The van der Waals surface area contributed by atoms with E-state index in [1.807, 2.05) is 36.4 Å². The van der Waals surface area contributed by atoms with Crippen molar-refractivity contribution in [2.45, 2.75) is 19.9 Å². The van der Waals surface area contributed by atoms with Crippen molar-refractivity contribution in [3.63, 3.8) is 0 Å². The topological polar surface area (TPSA) is 33.3 Å². The molecule has 2 N–H and O–H groups in total. The molecule has 0 saturated heterocycles. The van der Waals surface area contributed by atoms with E-state index in [2.05, 4.69) is 36.6 Å². The van der Waals surface area contributed by atoms with E-state index in [0.717, 1.165) is 17.0 Å². The van der Waals surface area contributed by atoms with Gasteiger partial charge in [-0.05, 0) is 44.3 Å². The molecule has 2 aromatic carbocycles. The predicted molar refractivity (Wildman–Crippen MR) is 91.9 cm³/mol. The van der Waals surface area contributed by atoms with Crippen LogP contribution in [-0.4, -0.2) is 12.2 Å². The smallest absolute Gasteiger partial charge is 0.171 e. The normalized spacial score (nSPS) is 11.6. The Balaban J connectivity index is 2.00. The van der Waals surface area contributed by atoms with Gasteiger partial charge in [0.15, 0.2) is 5.11 Å². The van der Waals surface area contributed by atoms with E-state index in [4.69, 9.17) is 17.0 Å². The van der Waals surface area contributed by atoms with Gasteiger partial charge in [-0.2, -0.15) is 0 Å². The van der Waals surface area contributed by atoms with Crippen LogP contribution in [-0.2, 0) is 0 Å². The summed E-state index contributed by atoms with van der Waals surface area (Å²) in [5, 5.41) is 7.06. The third-order valence-corrected chi connectivity index (χ3v) is 3.48. The van der Waals surface area contributed by atoms with Gasteiger partial charge in [0, 0.05) is 11.3 Å². The maximum Gasteiger partial charge on any atom is 0.171 e. The van der Waals surface area contributed by atoms with Crippen LogP contribution in [0.2, 0.25) is 0 Å². The Morgan fingerprint density at radius 1 is 1.10 bits per heavy atom. The van der Waals surface area contributed by atoms with E-state index in [1.165, 1.54) is 5.56 Å². The lowest BCUT2D eigenvalue weighted by molar-refractivity contribution is 0.405. The number of rotatable bonds is 4. The van der Waals surface area contributed by atoms with Crippen LogP contribution in [0.3, 0.4) is 0 Å². The third-order valence-electron chi connectivity index (χ3n) is 3.26. The number of anilines is 1. The first-order chi connectivity index (χ1) is 10.1. The standard InChI is InChI=1S/C17H20N2OS/c1-12-8-10-14(11-9-12)19-17(21)18-13(2)15-6-4-5-7-16(15)20-3/h4-11,13H,1-3H3,(H2,18,19,21). The van der Waals surface area contributed by atoms with Crippen LogP contribution in [0, 0.1) is 6.92 Å². The first kappa shape index (κ1) is 15.3. The van der Waals surface area contributed by atoms with Crippen LogP contribution < -0.4 is 15.4 Å². The van der Waals surface area contributed by atoms with Crippen LogP contribution in [0.25, 0.3) is 0 Å². The minimum absolute atomic E-state index is 0.0617. The summed E-state index contributed by atoms with van der Waals surface area (Å²) in [6.45, 7) is 4.12. The zero-order valence-corrected chi connectivity index (χ0v) is 13.3. The van der Waals surface area contributed by atoms with E-state index in [9.17, 15) is 0 Å². The van der Waals surface area contributed by atoms with Crippen molar-refractivity contribution >= 4 is 23.0 Å². The monoisotopic (exact) mass is 300 g/mol. The summed E-state index contributed by atoms with van der Waals surface area (Å²) >= 11 is 5.36. The first-order valence-corrected chi connectivity index (χ1v) is 7.28. The molecule has 0 aliphatic rings. The second-order valence-corrected chi connectivity index (χ2v) is 5.34. The van der Waals surface area contributed by atoms with Gasteiger partial charge >= 0.3 is 0 Å². The fraction of sp³-hybridized carbons (Fsp3) is 0.235. The molecule has 0 fully saturated rings. The average Bonchev–Trinajstić information content (AvgIpc) is 2.49. The SMILES string of the molecule is COc1ccccc1C(C)NC(=S)Nc1ccc(C)cc1. The van der Waals surface area contributed by atoms with Crippen LogP contribution in [0.15, 0.2) is 48.5 Å². The average molecular weight is 300 g/mol. The van der Waals surface area contributed by atoms with Crippen LogP contribution in [0.4, 0.5) is 5.69 Å². The molecule has 0 spiro atoms. The molecule has 2 aromatic rings. The summed E-state index contributed by atoms with van der Waals surface area (Å²) in [5.41, 5.74) is 3.28. The van der Waals surface area contributed by atoms with E-state index in [0.29, 0.717) is 5.11 Å². The molecule has 4 heteroatoms. The third kappa shape index (κ3) is 4.20. The van der Waals surface area contributed by atoms with Crippen molar-refractivity contribution in [1.82, 2.24) is 5.32 Å². The van der Waals surface area contributed by atoms with Crippen molar-refractivity contribution < 1.29 is 4.74 Å². The number of benzene rings is 2. The van der Waals surface area contributed by atoms with Crippen molar-refractivity contribution in [2.75, 3.05) is 12.4 Å². The Kier molecular flexibility index (Phi) is 5.17. The van der Waals surface area contributed by atoms with E-state index in [1.54, 1.807) is 7.11 Å². The number of para-hydroxylation sites is 1. The van der Waals surface area contributed by atoms with Gasteiger partial charge in [0.1, 0.15) is 5.75 Å². The molecule has 1 atom stereocenters. The molecule has 3 nitrogen and oxygen atoms in total. The summed E-state index contributed by atoms with van der Waals surface area (Å²) in [5.74, 6) is 0.857. The summed E-state index contributed by atoms with van der Waals surface area (Å²) < 4.78 is 5.38. The van der Waals surface area contributed by atoms with Crippen molar-refractivity contribution in [1.29, 1.82) is 0 Å². The van der Waals surface area contributed by atoms with Crippen LogP contribution in [0.5, 0.6) is 5.75 Å². The fourth-order valence-electron chi connectivity index (χ4n) is 2.10. The van der Waals surface area contributed by atoms with Gasteiger partial charge < -0.3 is 15.4 Å². The molecule has 0 amide bonds. The quantitative estimate of drug-likeness (QED) is 0.835. The maximum absolute atomic E-state index is 5.38. The number of aryl methyl sites for hydroxylation is 1. The van der Waals surface area contributed by atoms with Crippen molar-refractivity contribution in [3.05, 3.63) is 59.7 Å². The molecule has 0 aromatic heterocycles. The van der Waals surface area contributed by atoms with Gasteiger partial charge in [0.25, 0.3) is 0 Å². The molecule has 21 heavy (non-hydrogen) atoms. The second-order valence-electron chi connectivity index (χ2n) is 4.93. The molecule has 0 aliphatic heterocycles. The fourth-order valence-corrected chi connectivity index (χ4v) is 2.40. The van der Waals surface area contributed by atoms with Gasteiger partial charge in [-0.3, -0.25) is 0 Å². The Morgan fingerprint density at radius 2 is 1.76 bits per heavy atom. The minimum Gasteiger partial charge on any atom is -0.496 e. The highest BCUT2D eigenvalue weighted by atomic mass is 32.1. The molecule has 1 unspecified atom stereocenters. The molecule has 0 saturated carbocycles. The number of thiocarbonyl (C=S) groups is 1. The predicted octanol–water partition coefficient (Wildman–Crippen LogP) is 4.05. The van der Waals surface area contributed by atoms with E-state index < -0.39 is 0 Å². The van der Waals surface area contributed by atoms with Crippen LogP contribution >= 0.6 is 12.2 Å². The lowest BCUT2D eigenvalue weighted by Crippen LogP contribution is -2.31. The minimum atomic E-state index is 0.0617. The molecular weight excluding hydrogens is 280 g/mol. The molecule has 0 aliphatic carbocycles. The largest absolute Gasteiger partial charge is 0.496 e. The number of nitrogens with one attached hydrogen (secondary N) is 2. The zero-order chi connectivity index (χ0) is 15.2. The van der Waals surface area contributed by atoms with Crippen LogP contribution in [0.1, 0.15) is 24.1 Å². The van der Waals surface area contributed by atoms with Crippen molar-refractivity contribution in [2.24, 2.45) is 0 Å². The van der Waals surface area contributed by atoms with Gasteiger partial charge in [-0.25, -0.2) is 0 Å². The van der Waals surface area contributed by atoms with Gasteiger partial charge in [0.2, 0.25) is 0 Å². The zero-order valence-electron chi connectivity index (χ0n) is 12.5. The van der Waals surface area contributed by atoms with Crippen molar-refractivity contribution in [3.8, 4) is 5.75 Å². The molecule has 0 bridgehead atoms. The molecule has 0 radical (unpaired) electrons. The summed E-state index contributed by atoms with van der Waals surface area (Å²) in [4.78, 5) is 0. The highest BCUT2D eigenvalue weighted by molar-refractivity contribution is 7.80. The van der Waals surface area contributed by atoms with Gasteiger partial charge in [-0.1, -0.05) is 35.9 Å². The summed E-state index contributed by atoms with van der Waals surface area (Å²) in [7, 11) is 1.68. The lowest BCUT2D eigenvalue weighted by atomic mass is 10.1. The molecule has 0 heterocycles. The maximum atomic E-state index is 5.38. The number of hydrogen-bond acceptors (Lipinski definition) is 2. The van der Waals surface area contributed by atoms with Gasteiger partial charge in [-0.15, -0.1) is 0 Å². The Hall–Kier alpha value is -2.07. The lowest BCUT2D eigenvalue weighted by Gasteiger charge is -2.19. The first-order valence-electron chi connectivity index (χ1n) is 6.87. The molecular formula is C17H20N2OS. The highest BCUT2D eigenvalue weighted by Crippen LogP contribution is 2.24. The van der Waals surface area contributed by atoms with Gasteiger partial charge in [0.05, 0.1) is 13.2 Å². The van der Waals surface area contributed by atoms with E-state index >= 15 is 0 Å². The Bertz CT molecular complexity index is 610. The number of methoxy groups -OCH3 is 1. The molecule has 2 rings (SSSR count). The highest BCUT2D eigenvalue weighted by Gasteiger charge is 2.11. The number of hydrogen-bond donors (Lipinski definition) is 2.